The number of ether oxygens (including phenoxy) is 3. The highest BCUT2D eigenvalue weighted by Crippen LogP contribution is 2.24. The zero-order valence-electron chi connectivity index (χ0n) is 16.1. The maximum Gasteiger partial charge on any atom is 0.217 e. The number of nitrogens with zero attached hydrogens (tertiary/aromatic N) is 3. The molecule has 146 valence electrons. The van der Waals surface area contributed by atoms with Gasteiger partial charge in [0.05, 0.1) is 32.6 Å². The third-order valence-corrected chi connectivity index (χ3v) is 4.82. The van der Waals surface area contributed by atoms with Gasteiger partial charge >= 0.3 is 0 Å². The van der Waals surface area contributed by atoms with Gasteiger partial charge in [0.2, 0.25) is 5.88 Å². The van der Waals surface area contributed by atoms with Crippen molar-refractivity contribution in [2.45, 2.75) is 25.8 Å². The van der Waals surface area contributed by atoms with Crippen LogP contribution < -0.4 is 14.8 Å². The van der Waals surface area contributed by atoms with Crippen molar-refractivity contribution in [3.8, 4) is 22.9 Å². The van der Waals surface area contributed by atoms with Crippen LogP contribution in [0.1, 0.15) is 11.4 Å². The molecule has 0 bridgehead atoms. The summed E-state index contributed by atoms with van der Waals surface area (Å²) in [5.41, 5.74) is 3.06. The molecule has 1 atom stereocenters. The number of nitrogens with one attached hydrogen (secondary N) is 1. The summed E-state index contributed by atoms with van der Waals surface area (Å²) in [6.07, 6.45) is 3.91. The molecule has 3 heterocycles. The van der Waals surface area contributed by atoms with Crippen molar-refractivity contribution in [1.82, 2.24) is 19.9 Å². The first-order valence-electron chi connectivity index (χ1n) is 9.27. The summed E-state index contributed by atoms with van der Waals surface area (Å²) >= 11 is 0. The lowest BCUT2D eigenvalue weighted by molar-refractivity contribution is 0.00275. The lowest BCUT2D eigenvalue weighted by Crippen LogP contribution is -2.36. The van der Waals surface area contributed by atoms with Gasteiger partial charge in [-0.3, -0.25) is 0 Å². The Kier molecular flexibility index (Phi) is 5.55. The fraction of sp³-hybridized carbons (Fsp3) is 0.333. The smallest absolute Gasteiger partial charge is 0.217 e. The topological polar surface area (TPSA) is 70.4 Å². The summed E-state index contributed by atoms with van der Waals surface area (Å²) in [6, 6.07) is 11.9. The second kappa shape index (κ2) is 8.41. The quantitative estimate of drug-likeness (QED) is 0.680. The Morgan fingerprint density at radius 2 is 2.04 bits per heavy atom. The number of imidazole rings is 1. The highest BCUT2D eigenvalue weighted by Gasteiger charge is 2.21. The molecule has 1 aliphatic rings. The van der Waals surface area contributed by atoms with E-state index in [0.717, 1.165) is 41.5 Å². The molecule has 7 nitrogen and oxygen atoms in total. The van der Waals surface area contributed by atoms with Crippen LogP contribution in [0, 0.1) is 0 Å². The number of benzene rings is 1. The van der Waals surface area contributed by atoms with Crippen molar-refractivity contribution in [2.24, 2.45) is 0 Å². The Balaban J connectivity index is 1.36. The molecule has 28 heavy (non-hydrogen) atoms. The second-order valence-electron chi connectivity index (χ2n) is 6.66. The molecule has 0 saturated heterocycles. The molecule has 0 aliphatic carbocycles. The minimum absolute atomic E-state index is 0.0908. The molecule has 0 unspecified atom stereocenters. The molecule has 0 radical (unpaired) electrons. The normalized spacial score (nSPS) is 15.9. The van der Waals surface area contributed by atoms with Gasteiger partial charge in [0.1, 0.15) is 18.2 Å². The van der Waals surface area contributed by atoms with Crippen LogP contribution in [0.3, 0.4) is 0 Å². The van der Waals surface area contributed by atoms with Gasteiger partial charge < -0.3 is 24.1 Å². The summed E-state index contributed by atoms with van der Waals surface area (Å²) in [7, 11) is 3.30. The van der Waals surface area contributed by atoms with E-state index < -0.39 is 0 Å². The third-order valence-electron chi connectivity index (χ3n) is 4.82. The number of methoxy groups -OCH3 is 2. The first-order chi connectivity index (χ1) is 13.8. The standard InChI is InChI=1S/C21H24N4O3/c1-26-17-7-5-15(6-8-17)19-13-25-12-18(28-14-20(25)24-19)11-22-10-16-4-3-9-23-21(16)27-2/h3-9,13,18,22H,10-12,14H2,1-2H3/t18-/m0/s1. The van der Waals surface area contributed by atoms with Gasteiger partial charge in [-0.2, -0.15) is 0 Å². The van der Waals surface area contributed by atoms with E-state index in [1.807, 2.05) is 36.4 Å². The van der Waals surface area contributed by atoms with Gasteiger partial charge in [0.25, 0.3) is 0 Å². The summed E-state index contributed by atoms with van der Waals surface area (Å²) in [6.45, 7) is 2.71. The molecule has 1 aromatic carbocycles. The van der Waals surface area contributed by atoms with Gasteiger partial charge in [-0.05, 0) is 30.3 Å². The largest absolute Gasteiger partial charge is 0.497 e. The van der Waals surface area contributed by atoms with Gasteiger partial charge in [-0.1, -0.05) is 6.07 Å². The van der Waals surface area contributed by atoms with Crippen LogP contribution in [0.4, 0.5) is 0 Å². The van der Waals surface area contributed by atoms with Crippen LogP contribution in [0.2, 0.25) is 0 Å². The van der Waals surface area contributed by atoms with Crippen molar-refractivity contribution in [3.05, 3.63) is 60.2 Å². The Bertz CT molecular complexity index is 924. The summed E-state index contributed by atoms with van der Waals surface area (Å²) < 4.78 is 18.7. The van der Waals surface area contributed by atoms with E-state index in [1.54, 1.807) is 20.4 Å². The van der Waals surface area contributed by atoms with Crippen molar-refractivity contribution in [1.29, 1.82) is 0 Å². The molecule has 1 aliphatic heterocycles. The van der Waals surface area contributed by atoms with Crippen molar-refractivity contribution < 1.29 is 14.2 Å². The van der Waals surface area contributed by atoms with E-state index in [0.29, 0.717) is 19.0 Å². The maximum absolute atomic E-state index is 5.97. The number of hydrogen-bond donors (Lipinski definition) is 1. The number of fused-ring (bicyclic) bond motifs is 1. The van der Waals surface area contributed by atoms with E-state index in [9.17, 15) is 0 Å². The van der Waals surface area contributed by atoms with Crippen molar-refractivity contribution >= 4 is 0 Å². The summed E-state index contributed by atoms with van der Waals surface area (Å²) in [5.74, 6) is 2.45. The average molecular weight is 380 g/mol. The SMILES string of the molecule is COc1ccc(-c2cn3c(n2)CO[C@@H](CNCc2cccnc2OC)C3)cc1. The molecule has 4 rings (SSSR count). The van der Waals surface area contributed by atoms with Crippen molar-refractivity contribution in [2.75, 3.05) is 20.8 Å². The predicted molar refractivity (Wildman–Crippen MR) is 105 cm³/mol. The molecular weight excluding hydrogens is 356 g/mol. The van der Waals surface area contributed by atoms with Gasteiger partial charge in [-0.15, -0.1) is 0 Å². The molecule has 7 heteroatoms. The molecule has 0 saturated carbocycles. The van der Waals surface area contributed by atoms with Gasteiger partial charge in [0, 0.05) is 36.6 Å². The van der Waals surface area contributed by atoms with Crippen LogP contribution in [-0.2, 0) is 24.4 Å². The summed E-state index contributed by atoms with van der Waals surface area (Å²) in [4.78, 5) is 8.93. The maximum atomic E-state index is 5.97. The van der Waals surface area contributed by atoms with Crippen LogP contribution in [0.15, 0.2) is 48.8 Å². The predicted octanol–water partition coefficient (Wildman–Crippen LogP) is 2.65. The minimum atomic E-state index is 0.0908. The van der Waals surface area contributed by atoms with E-state index in [1.165, 1.54) is 0 Å². The van der Waals surface area contributed by atoms with Crippen LogP contribution in [-0.4, -0.2) is 41.4 Å². The monoisotopic (exact) mass is 380 g/mol. The first kappa shape index (κ1) is 18.5. The highest BCUT2D eigenvalue weighted by molar-refractivity contribution is 5.59. The van der Waals surface area contributed by atoms with Gasteiger partial charge in [0.15, 0.2) is 0 Å². The number of hydrogen-bond acceptors (Lipinski definition) is 6. The average Bonchev–Trinajstić information content (AvgIpc) is 3.17. The first-order valence-corrected chi connectivity index (χ1v) is 9.27. The van der Waals surface area contributed by atoms with E-state index in [4.69, 9.17) is 19.2 Å². The second-order valence-corrected chi connectivity index (χ2v) is 6.66. The molecule has 0 amide bonds. The van der Waals surface area contributed by atoms with Gasteiger partial charge in [-0.25, -0.2) is 9.97 Å². The number of rotatable bonds is 7. The van der Waals surface area contributed by atoms with E-state index in [-0.39, 0.29) is 6.10 Å². The summed E-state index contributed by atoms with van der Waals surface area (Å²) in [5, 5.41) is 3.44. The van der Waals surface area contributed by atoms with E-state index in [2.05, 4.69) is 21.1 Å². The fourth-order valence-corrected chi connectivity index (χ4v) is 3.33. The molecule has 0 fully saturated rings. The molecular formula is C21H24N4O3. The third kappa shape index (κ3) is 4.00. The number of aromatic nitrogens is 3. The lowest BCUT2D eigenvalue weighted by Gasteiger charge is -2.24. The Hall–Kier alpha value is -2.90. The Morgan fingerprint density at radius 3 is 2.82 bits per heavy atom. The fourth-order valence-electron chi connectivity index (χ4n) is 3.33. The zero-order chi connectivity index (χ0) is 19.3. The molecule has 1 N–H and O–H groups in total. The molecule has 2 aromatic heterocycles. The molecule has 3 aromatic rings. The Morgan fingerprint density at radius 1 is 1.18 bits per heavy atom. The Labute approximate surface area is 164 Å². The van der Waals surface area contributed by atoms with Crippen LogP contribution in [0.25, 0.3) is 11.3 Å². The van der Waals surface area contributed by atoms with Crippen molar-refractivity contribution in [3.63, 3.8) is 0 Å². The highest BCUT2D eigenvalue weighted by atomic mass is 16.5. The van der Waals surface area contributed by atoms with Crippen LogP contribution >= 0.6 is 0 Å². The zero-order valence-corrected chi connectivity index (χ0v) is 16.1. The van der Waals surface area contributed by atoms with Crippen LogP contribution in [0.5, 0.6) is 11.6 Å². The number of pyridine rings is 1. The lowest BCUT2D eigenvalue weighted by atomic mass is 10.1. The molecule has 0 spiro atoms. The minimum Gasteiger partial charge on any atom is -0.497 e. The van der Waals surface area contributed by atoms with E-state index >= 15 is 0 Å².